The summed E-state index contributed by atoms with van der Waals surface area (Å²) in [6.45, 7) is 1.56. The second kappa shape index (κ2) is 3.51. The summed E-state index contributed by atoms with van der Waals surface area (Å²) >= 11 is 0. The number of aliphatic hydroxyl groups is 1. The number of ether oxygens (including phenoxy) is 2. The van der Waals surface area contributed by atoms with Crippen LogP contribution in [0.1, 0.15) is 13.3 Å². The van der Waals surface area contributed by atoms with Crippen LogP contribution in [0, 0.1) is 0 Å². The zero-order valence-corrected chi connectivity index (χ0v) is 7.88. The second-order valence-electron chi connectivity index (χ2n) is 2.73. The van der Waals surface area contributed by atoms with Crippen LogP contribution in [-0.2, 0) is 14.3 Å². The number of carbonyl (C=O) groups excluding carboxylic acids is 1. The van der Waals surface area contributed by atoms with Gasteiger partial charge in [-0.05, 0) is 6.92 Å². The zero-order chi connectivity index (χ0) is 10.0. The zero-order valence-electron chi connectivity index (χ0n) is 7.88. The number of ketones is 1. The molecule has 0 spiro atoms. The number of hydrogen-bond acceptors (Lipinski definition) is 4. The molecule has 1 aliphatic carbocycles. The Morgan fingerprint density at radius 2 is 1.92 bits per heavy atom. The molecule has 1 aliphatic rings. The van der Waals surface area contributed by atoms with Crippen molar-refractivity contribution in [3.63, 3.8) is 0 Å². The highest BCUT2D eigenvalue weighted by atomic mass is 16.5. The van der Waals surface area contributed by atoms with Gasteiger partial charge in [0.2, 0.25) is 0 Å². The quantitative estimate of drug-likeness (QED) is 0.702. The van der Waals surface area contributed by atoms with Crippen LogP contribution in [0.25, 0.3) is 0 Å². The number of methoxy groups -OCH3 is 2. The predicted octanol–water partition coefficient (Wildman–Crippen LogP) is 1.30. The van der Waals surface area contributed by atoms with Gasteiger partial charge in [-0.1, -0.05) is 0 Å². The Bertz CT molecular complexity index is 299. The summed E-state index contributed by atoms with van der Waals surface area (Å²) in [7, 11) is 2.86. The van der Waals surface area contributed by atoms with Gasteiger partial charge in [-0.25, -0.2) is 0 Å². The molecule has 72 valence electrons. The summed E-state index contributed by atoms with van der Waals surface area (Å²) in [6, 6.07) is 0. The van der Waals surface area contributed by atoms with Gasteiger partial charge in [0.25, 0.3) is 0 Å². The number of aliphatic hydroxyl groups excluding tert-OH is 1. The molecule has 0 radical (unpaired) electrons. The molecule has 1 rings (SSSR count). The van der Waals surface area contributed by atoms with E-state index in [1.54, 1.807) is 6.92 Å². The van der Waals surface area contributed by atoms with Gasteiger partial charge in [-0.15, -0.1) is 0 Å². The van der Waals surface area contributed by atoms with Crippen LogP contribution in [-0.4, -0.2) is 25.1 Å². The Hall–Kier alpha value is -1.45. The molecule has 0 fully saturated rings. The van der Waals surface area contributed by atoms with Crippen molar-refractivity contribution >= 4 is 5.78 Å². The molecule has 0 saturated heterocycles. The van der Waals surface area contributed by atoms with Gasteiger partial charge in [0.1, 0.15) is 5.76 Å². The van der Waals surface area contributed by atoms with Crippen LogP contribution in [0.2, 0.25) is 0 Å². The van der Waals surface area contributed by atoms with E-state index >= 15 is 0 Å². The van der Waals surface area contributed by atoms with Crippen molar-refractivity contribution in [2.45, 2.75) is 13.3 Å². The van der Waals surface area contributed by atoms with E-state index in [-0.39, 0.29) is 23.7 Å². The number of Topliss-reactive ketones (excluding diaryl/α,β-unsaturated/α-hetero) is 1. The number of allylic oxidation sites excluding steroid dienone is 2. The molecule has 0 heterocycles. The molecule has 1 N–H and O–H groups in total. The second-order valence-corrected chi connectivity index (χ2v) is 2.73. The largest absolute Gasteiger partial charge is 0.504 e. The first kappa shape index (κ1) is 9.64. The van der Waals surface area contributed by atoms with Gasteiger partial charge in [0, 0.05) is 5.57 Å². The number of hydrogen-bond donors (Lipinski definition) is 1. The van der Waals surface area contributed by atoms with Crippen molar-refractivity contribution in [1.29, 1.82) is 0 Å². The first-order valence-corrected chi connectivity index (χ1v) is 3.86. The molecule has 0 aliphatic heterocycles. The summed E-state index contributed by atoms with van der Waals surface area (Å²) in [6.07, 6.45) is 0.148. The number of carbonyl (C=O) groups is 1. The van der Waals surface area contributed by atoms with Crippen molar-refractivity contribution in [3.05, 3.63) is 22.9 Å². The van der Waals surface area contributed by atoms with E-state index in [0.717, 1.165) is 0 Å². The molecule has 0 atom stereocenters. The van der Waals surface area contributed by atoms with Gasteiger partial charge < -0.3 is 14.6 Å². The fourth-order valence-corrected chi connectivity index (χ4v) is 1.17. The minimum Gasteiger partial charge on any atom is -0.504 e. The third-order valence-electron chi connectivity index (χ3n) is 2.01. The highest BCUT2D eigenvalue weighted by molar-refractivity contribution is 5.98. The minimum absolute atomic E-state index is 0.129. The van der Waals surface area contributed by atoms with E-state index < -0.39 is 0 Å². The number of rotatable bonds is 2. The topological polar surface area (TPSA) is 55.8 Å². The van der Waals surface area contributed by atoms with Crippen LogP contribution in [0.15, 0.2) is 22.9 Å². The monoisotopic (exact) mass is 184 g/mol. The Morgan fingerprint density at radius 3 is 2.38 bits per heavy atom. The lowest BCUT2D eigenvalue weighted by Gasteiger charge is -2.18. The first-order valence-electron chi connectivity index (χ1n) is 3.86. The van der Waals surface area contributed by atoms with Crippen molar-refractivity contribution in [1.82, 2.24) is 0 Å². The molecule has 0 aromatic carbocycles. The fraction of sp³-hybridized carbons (Fsp3) is 0.444. The van der Waals surface area contributed by atoms with Crippen LogP contribution in [0.5, 0.6) is 0 Å². The van der Waals surface area contributed by atoms with E-state index in [4.69, 9.17) is 9.47 Å². The van der Waals surface area contributed by atoms with Gasteiger partial charge in [-0.3, -0.25) is 4.79 Å². The lowest BCUT2D eigenvalue weighted by molar-refractivity contribution is -0.116. The molecule has 0 amide bonds. The van der Waals surface area contributed by atoms with Crippen LogP contribution in [0.4, 0.5) is 0 Å². The molecule has 0 unspecified atom stereocenters. The van der Waals surface area contributed by atoms with Gasteiger partial charge in [0.15, 0.2) is 17.3 Å². The lowest BCUT2D eigenvalue weighted by atomic mass is 10.0. The summed E-state index contributed by atoms with van der Waals surface area (Å²) < 4.78 is 9.84. The SMILES string of the molecule is COC1=C(OC)C(O)=C(C)C(=O)C1. The molecule has 4 nitrogen and oxygen atoms in total. The summed E-state index contributed by atoms with van der Waals surface area (Å²) in [5.74, 6) is 0.348. The summed E-state index contributed by atoms with van der Waals surface area (Å²) in [5, 5.41) is 9.51. The predicted molar refractivity (Wildman–Crippen MR) is 46.0 cm³/mol. The Balaban J connectivity index is 3.17. The molecular formula is C9H12O4. The van der Waals surface area contributed by atoms with Crippen LogP contribution in [0.3, 0.4) is 0 Å². The van der Waals surface area contributed by atoms with Gasteiger partial charge >= 0.3 is 0 Å². The third-order valence-corrected chi connectivity index (χ3v) is 2.01. The Kier molecular flexibility index (Phi) is 2.60. The maximum absolute atomic E-state index is 11.2. The molecular weight excluding hydrogens is 172 g/mol. The average Bonchev–Trinajstić information content (AvgIpc) is 2.13. The van der Waals surface area contributed by atoms with Crippen LogP contribution >= 0.6 is 0 Å². The highest BCUT2D eigenvalue weighted by Crippen LogP contribution is 2.26. The molecule has 0 aromatic heterocycles. The molecule has 4 heteroatoms. The Labute approximate surface area is 76.5 Å². The molecule has 0 saturated carbocycles. The van der Waals surface area contributed by atoms with Crippen molar-refractivity contribution in [2.24, 2.45) is 0 Å². The van der Waals surface area contributed by atoms with E-state index in [9.17, 15) is 9.90 Å². The normalized spacial score (nSPS) is 17.9. The van der Waals surface area contributed by atoms with Gasteiger partial charge in [-0.2, -0.15) is 0 Å². The Morgan fingerprint density at radius 1 is 1.31 bits per heavy atom. The van der Waals surface area contributed by atoms with Crippen LogP contribution < -0.4 is 0 Å². The maximum atomic E-state index is 11.2. The molecule has 0 bridgehead atoms. The van der Waals surface area contributed by atoms with Crippen molar-refractivity contribution in [3.8, 4) is 0 Å². The first-order chi connectivity index (χ1) is 6.11. The van der Waals surface area contributed by atoms with E-state index in [1.165, 1.54) is 14.2 Å². The summed E-state index contributed by atoms with van der Waals surface area (Å²) in [4.78, 5) is 11.2. The standard InChI is InChI=1S/C9H12O4/c1-5-6(10)4-7(12-2)9(13-3)8(5)11/h11H,4H2,1-3H3. The molecule has 0 aromatic rings. The van der Waals surface area contributed by atoms with E-state index in [1.807, 2.05) is 0 Å². The van der Waals surface area contributed by atoms with Crippen molar-refractivity contribution < 1.29 is 19.4 Å². The smallest absolute Gasteiger partial charge is 0.199 e. The maximum Gasteiger partial charge on any atom is 0.199 e. The third kappa shape index (κ3) is 1.52. The average molecular weight is 184 g/mol. The minimum atomic E-state index is -0.143. The summed E-state index contributed by atoms with van der Waals surface area (Å²) in [5.41, 5.74) is 0.317. The van der Waals surface area contributed by atoms with Gasteiger partial charge in [0.05, 0.1) is 20.6 Å². The van der Waals surface area contributed by atoms with Crippen molar-refractivity contribution in [2.75, 3.05) is 14.2 Å². The lowest BCUT2D eigenvalue weighted by Crippen LogP contribution is -2.15. The van der Waals surface area contributed by atoms with E-state index in [2.05, 4.69) is 0 Å². The van der Waals surface area contributed by atoms with E-state index in [0.29, 0.717) is 11.3 Å². The fourth-order valence-electron chi connectivity index (χ4n) is 1.17. The molecule has 13 heavy (non-hydrogen) atoms. The highest BCUT2D eigenvalue weighted by Gasteiger charge is 2.26.